The second kappa shape index (κ2) is 5.20. The molecule has 0 fully saturated rings. The molecule has 0 saturated heterocycles. The van der Waals surface area contributed by atoms with Crippen LogP contribution in [0.15, 0.2) is 48.9 Å². The molecule has 19 heavy (non-hydrogen) atoms. The summed E-state index contributed by atoms with van der Waals surface area (Å²) in [6, 6.07) is 12.4. The van der Waals surface area contributed by atoms with E-state index in [1.807, 2.05) is 41.2 Å². The van der Waals surface area contributed by atoms with Crippen molar-refractivity contribution < 1.29 is 0 Å². The van der Waals surface area contributed by atoms with Gasteiger partial charge in [-0.15, -0.1) is 0 Å². The third-order valence-electron chi connectivity index (χ3n) is 3.08. The van der Waals surface area contributed by atoms with E-state index in [1.54, 1.807) is 0 Å². The molecule has 3 aromatic rings. The standard InChI is InChI=1S/C15H16N4/c16-7-6-13-10-19-11-17-14(9-15(19)18-13)8-12-4-2-1-3-5-12/h1-5,9-11H,6-8,16H2. The van der Waals surface area contributed by atoms with Crippen molar-refractivity contribution in [1.29, 1.82) is 0 Å². The molecule has 0 aliphatic carbocycles. The predicted octanol–water partition coefficient (Wildman–Crippen LogP) is 1.82. The molecule has 0 spiro atoms. The topological polar surface area (TPSA) is 56.2 Å². The van der Waals surface area contributed by atoms with Crippen molar-refractivity contribution in [1.82, 2.24) is 14.4 Å². The average Bonchev–Trinajstić information content (AvgIpc) is 2.82. The van der Waals surface area contributed by atoms with Crippen molar-refractivity contribution in [3.63, 3.8) is 0 Å². The molecule has 0 aliphatic rings. The van der Waals surface area contributed by atoms with Crippen LogP contribution in [0.1, 0.15) is 17.0 Å². The van der Waals surface area contributed by atoms with Gasteiger partial charge in [-0.1, -0.05) is 30.3 Å². The maximum Gasteiger partial charge on any atom is 0.140 e. The summed E-state index contributed by atoms with van der Waals surface area (Å²) in [5.74, 6) is 0. The number of hydrogen-bond acceptors (Lipinski definition) is 3. The highest BCUT2D eigenvalue weighted by atomic mass is 15.0. The summed E-state index contributed by atoms with van der Waals surface area (Å²) < 4.78 is 1.94. The van der Waals surface area contributed by atoms with Gasteiger partial charge in [0.1, 0.15) is 12.0 Å². The lowest BCUT2D eigenvalue weighted by molar-refractivity contribution is 0.936. The van der Waals surface area contributed by atoms with E-state index in [1.165, 1.54) is 5.56 Å². The van der Waals surface area contributed by atoms with Gasteiger partial charge in [0.25, 0.3) is 0 Å². The highest BCUT2D eigenvalue weighted by Crippen LogP contribution is 2.10. The van der Waals surface area contributed by atoms with E-state index in [-0.39, 0.29) is 0 Å². The van der Waals surface area contributed by atoms with Crippen LogP contribution < -0.4 is 5.73 Å². The fourth-order valence-electron chi connectivity index (χ4n) is 2.15. The van der Waals surface area contributed by atoms with Crippen LogP contribution in [0.2, 0.25) is 0 Å². The van der Waals surface area contributed by atoms with E-state index in [2.05, 4.69) is 22.1 Å². The molecular formula is C15H16N4. The maximum absolute atomic E-state index is 5.55. The van der Waals surface area contributed by atoms with E-state index in [4.69, 9.17) is 5.73 Å². The number of nitrogens with two attached hydrogens (primary N) is 1. The van der Waals surface area contributed by atoms with Crippen LogP contribution in [0, 0.1) is 0 Å². The van der Waals surface area contributed by atoms with Gasteiger partial charge in [-0.25, -0.2) is 9.97 Å². The Kier molecular flexibility index (Phi) is 3.25. The molecule has 1 aromatic carbocycles. The van der Waals surface area contributed by atoms with E-state index in [9.17, 15) is 0 Å². The first-order valence-corrected chi connectivity index (χ1v) is 6.41. The first kappa shape index (κ1) is 11.9. The maximum atomic E-state index is 5.55. The monoisotopic (exact) mass is 252 g/mol. The molecule has 0 aliphatic heterocycles. The van der Waals surface area contributed by atoms with Gasteiger partial charge in [0.2, 0.25) is 0 Å². The van der Waals surface area contributed by atoms with Gasteiger partial charge in [0.05, 0.1) is 11.4 Å². The van der Waals surface area contributed by atoms with Crippen molar-refractivity contribution >= 4 is 5.65 Å². The van der Waals surface area contributed by atoms with Crippen molar-refractivity contribution in [2.45, 2.75) is 12.8 Å². The number of hydrogen-bond donors (Lipinski definition) is 1. The van der Waals surface area contributed by atoms with E-state index in [0.29, 0.717) is 6.54 Å². The Hall–Kier alpha value is -2.20. The van der Waals surface area contributed by atoms with Crippen molar-refractivity contribution in [3.05, 3.63) is 65.9 Å². The normalized spacial score (nSPS) is 11.0. The predicted molar refractivity (Wildman–Crippen MR) is 75.0 cm³/mol. The molecule has 0 radical (unpaired) electrons. The number of imidazole rings is 1. The van der Waals surface area contributed by atoms with Gasteiger partial charge in [-0.05, 0) is 12.1 Å². The van der Waals surface area contributed by atoms with E-state index < -0.39 is 0 Å². The summed E-state index contributed by atoms with van der Waals surface area (Å²) in [5, 5.41) is 0. The minimum absolute atomic E-state index is 0.619. The van der Waals surface area contributed by atoms with Gasteiger partial charge in [-0.2, -0.15) is 0 Å². The molecule has 4 heteroatoms. The van der Waals surface area contributed by atoms with Crippen molar-refractivity contribution in [2.24, 2.45) is 5.73 Å². The lowest BCUT2D eigenvalue weighted by atomic mass is 10.1. The smallest absolute Gasteiger partial charge is 0.140 e. The van der Waals surface area contributed by atoms with Crippen LogP contribution in [0.5, 0.6) is 0 Å². The summed E-state index contributed by atoms with van der Waals surface area (Å²) >= 11 is 0. The summed E-state index contributed by atoms with van der Waals surface area (Å²) in [4.78, 5) is 9.02. The van der Waals surface area contributed by atoms with Crippen molar-refractivity contribution in [2.75, 3.05) is 6.54 Å². The Bertz CT molecular complexity index is 673. The first-order valence-electron chi connectivity index (χ1n) is 6.41. The summed E-state index contributed by atoms with van der Waals surface area (Å²) in [6.07, 6.45) is 5.44. The Morgan fingerprint density at radius 2 is 1.95 bits per heavy atom. The number of aromatic nitrogens is 3. The highest BCUT2D eigenvalue weighted by Gasteiger charge is 2.03. The fourth-order valence-corrected chi connectivity index (χ4v) is 2.15. The van der Waals surface area contributed by atoms with E-state index in [0.717, 1.165) is 29.9 Å². The van der Waals surface area contributed by atoms with Crippen LogP contribution in [0.4, 0.5) is 0 Å². The van der Waals surface area contributed by atoms with Crippen molar-refractivity contribution in [3.8, 4) is 0 Å². The summed E-state index contributed by atoms with van der Waals surface area (Å²) in [6.45, 7) is 0.619. The van der Waals surface area contributed by atoms with E-state index >= 15 is 0 Å². The molecule has 2 heterocycles. The number of benzene rings is 1. The minimum Gasteiger partial charge on any atom is -0.330 e. The molecule has 0 amide bonds. The largest absolute Gasteiger partial charge is 0.330 e. The molecular weight excluding hydrogens is 236 g/mol. The molecule has 96 valence electrons. The van der Waals surface area contributed by atoms with Crippen LogP contribution in [-0.2, 0) is 12.8 Å². The lowest BCUT2D eigenvalue weighted by Crippen LogP contribution is -2.02. The molecule has 0 unspecified atom stereocenters. The second-order valence-corrected chi connectivity index (χ2v) is 4.58. The molecule has 4 nitrogen and oxygen atoms in total. The number of rotatable bonds is 4. The number of fused-ring (bicyclic) bond motifs is 1. The van der Waals surface area contributed by atoms with Gasteiger partial charge < -0.3 is 5.73 Å². The zero-order chi connectivity index (χ0) is 13.1. The number of nitrogens with zero attached hydrogens (tertiary/aromatic N) is 3. The molecule has 3 rings (SSSR count). The SMILES string of the molecule is NCCc1cn2cnc(Cc3ccccc3)cc2n1. The summed E-state index contributed by atoms with van der Waals surface area (Å²) in [7, 11) is 0. The summed E-state index contributed by atoms with van der Waals surface area (Å²) in [5.41, 5.74) is 9.79. The molecule has 2 N–H and O–H groups in total. The Morgan fingerprint density at radius 3 is 2.74 bits per heavy atom. The quantitative estimate of drug-likeness (QED) is 0.770. The Morgan fingerprint density at radius 1 is 1.11 bits per heavy atom. The molecule has 0 saturated carbocycles. The van der Waals surface area contributed by atoms with Crippen LogP contribution >= 0.6 is 0 Å². The average molecular weight is 252 g/mol. The van der Waals surface area contributed by atoms with Gasteiger partial charge in [0, 0.05) is 25.1 Å². The van der Waals surface area contributed by atoms with Gasteiger partial charge >= 0.3 is 0 Å². The Balaban J connectivity index is 1.88. The Labute approximate surface area is 111 Å². The second-order valence-electron chi connectivity index (χ2n) is 4.58. The van der Waals surface area contributed by atoms with Gasteiger partial charge in [0.15, 0.2) is 0 Å². The molecule has 0 bridgehead atoms. The minimum atomic E-state index is 0.619. The van der Waals surface area contributed by atoms with Crippen LogP contribution in [0.3, 0.4) is 0 Å². The van der Waals surface area contributed by atoms with Crippen LogP contribution in [-0.4, -0.2) is 20.9 Å². The highest BCUT2D eigenvalue weighted by molar-refractivity contribution is 5.41. The van der Waals surface area contributed by atoms with Gasteiger partial charge in [-0.3, -0.25) is 4.40 Å². The van der Waals surface area contributed by atoms with Crippen LogP contribution in [0.25, 0.3) is 5.65 Å². The third kappa shape index (κ3) is 2.63. The zero-order valence-electron chi connectivity index (χ0n) is 10.7. The molecule has 0 atom stereocenters. The lowest BCUT2D eigenvalue weighted by Gasteiger charge is -2.01. The molecule has 2 aromatic heterocycles. The fraction of sp³-hybridized carbons (Fsp3) is 0.200. The third-order valence-corrected chi connectivity index (χ3v) is 3.08. The first-order chi connectivity index (χ1) is 9.35. The zero-order valence-corrected chi connectivity index (χ0v) is 10.7.